The molecule has 0 saturated carbocycles. The maximum absolute atomic E-state index is 5.76. The Morgan fingerprint density at radius 3 is 2.50 bits per heavy atom. The number of rotatable bonds is 1. The van der Waals surface area contributed by atoms with Gasteiger partial charge in [0.25, 0.3) is 0 Å². The van der Waals surface area contributed by atoms with Gasteiger partial charge in [0.2, 0.25) is 0 Å². The molecule has 2 unspecified atom stereocenters. The standard InChI is InChI=1S/C9H17N/c1-7-3-5-9(6-4-7)8(2)10/h3,5,7-9H,4,6,10H2,1-2H3/t7?,8?,9-/m0/s1. The molecule has 0 aliphatic heterocycles. The Morgan fingerprint density at radius 2 is 2.10 bits per heavy atom. The van der Waals surface area contributed by atoms with Crippen molar-refractivity contribution in [1.82, 2.24) is 0 Å². The smallest absolute Gasteiger partial charge is 0.00733 e. The summed E-state index contributed by atoms with van der Waals surface area (Å²) in [6.45, 7) is 4.35. The van der Waals surface area contributed by atoms with E-state index in [1.165, 1.54) is 12.8 Å². The van der Waals surface area contributed by atoms with Gasteiger partial charge in [0.1, 0.15) is 0 Å². The molecule has 1 aliphatic rings. The summed E-state index contributed by atoms with van der Waals surface area (Å²) in [5.41, 5.74) is 5.76. The van der Waals surface area contributed by atoms with Crippen molar-refractivity contribution in [3.63, 3.8) is 0 Å². The van der Waals surface area contributed by atoms with Crippen LogP contribution in [0.1, 0.15) is 26.7 Å². The zero-order chi connectivity index (χ0) is 7.56. The lowest BCUT2D eigenvalue weighted by molar-refractivity contribution is 0.426. The zero-order valence-electron chi connectivity index (χ0n) is 6.88. The van der Waals surface area contributed by atoms with E-state index >= 15 is 0 Å². The fourth-order valence-corrected chi connectivity index (χ4v) is 1.42. The fraction of sp³-hybridized carbons (Fsp3) is 0.778. The first-order chi connectivity index (χ1) is 4.70. The predicted octanol–water partition coefficient (Wildman–Crippen LogP) is 1.94. The highest BCUT2D eigenvalue weighted by molar-refractivity contribution is 4.99. The molecule has 0 aromatic carbocycles. The molecule has 0 fully saturated rings. The highest BCUT2D eigenvalue weighted by atomic mass is 14.6. The van der Waals surface area contributed by atoms with Crippen LogP contribution < -0.4 is 5.73 Å². The Labute approximate surface area is 63.3 Å². The van der Waals surface area contributed by atoms with E-state index in [4.69, 9.17) is 5.73 Å². The van der Waals surface area contributed by atoms with Gasteiger partial charge in [-0.15, -0.1) is 0 Å². The lowest BCUT2D eigenvalue weighted by Crippen LogP contribution is -2.26. The highest BCUT2D eigenvalue weighted by Gasteiger charge is 2.15. The van der Waals surface area contributed by atoms with Gasteiger partial charge in [-0.25, -0.2) is 0 Å². The topological polar surface area (TPSA) is 26.0 Å². The Kier molecular flexibility index (Phi) is 2.50. The lowest BCUT2D eigenvalue weighted by atomic mass is 9.86. The van der Waals surface area contributed by atoms with Crippen LogP contribution in [0.2, 0.25) is 0 Å². The highest BCUT2D eigenvalue weighted by Crippen LogP contribution is 2.22. The number of hydrogen-bond donors (Lipinski definition) is 1. The Hall–Kier alpha value is -0.300. The summed E-state index contributed by atoms with van der Waals surface area (Å²) >= 11 is 0. The Morgan fingerprint density at radius 1 is 1.40 bits per heavy atom. The molecule has 0 radical (unpaired) electrons. The number of hydrogen-bond acceptors (Lipinski definition) is 1. The molecule has 0 spiro atoms. The van der Waals surface area contributed by atoms with E-state index in [9.17, 15) is 0 Å². The maximum atomic E-state index is 5.76. The van der Waals surface area contributed by atoms with Gasteiger partial charge in [0.15, 0.2) is 0 Å². The Balaban J connectivity index is 2.45. The van der Waals surface area contributed by atoms with E-state index in [-0.39, 0.29) is 0 Å². The largest absolute Gasteiger partial charge is 0.327 e. The van der Waals surface area contributed by atoms with Gasteiger partial charge < -0.3 is 5.73 Å². The SMILES string of the molecule is CC1C=C[C@H](C(C)N)CC1. The zero-order valence-corrected chi connectivity index (χ0v) is 6.88. The van der Waals surface area contributed by atoms with Crippen molar-refractivity contribution in [3.05, 3.63) is 12.2 Å². The molecule has 2 N–H and O–H groups in total. The van der Waals surface area contributed by atoms with Crippen molar-refractivity contribution < 1.29 is 0 Å². The van der Waals surface area contributed by atoms with Gasteiger partial charge in [0, 0.05) is 6.04 Å². The second kappa shape index (κ2) is 3.20. The van der Waals surface area contributed by atoms with E-state index in [1.54, 1.807) is 0 Å². The molecule has 0 heterocycles. The fourth-order valence-electron chi connectivity index (χ4n) is 1.42. The van der Waals surface area contributed by atoms with Gasteiger partial charge >= 0.3 is 0 Å². The maximum Gasteiger partial charge on any atom is 0.00733 e. The van der Waals surface area contributed by atoms with Crippen LogP contribution in [-0.4, -0.2) is 6.04 Å². The van der Waals surface area contributed by atoms with Gasteiger partial charge in [-0.1, -0.05) is 19.1 Å². The van der Waals surface area contributed by atoms with Crippen LogP contribution in [0.25, 0.3) is 0 Å². The molecule has 0 aromatic rings. The number of nitrogens with two attached hydrogens (primary N) is 1. The summed E-state index contributed by atoms with van der Waals surface area (Å²) in [4.78, 5) is 0. The van der Waals surface area contributed by atoms with Crippen LogP contribution in [0, 0.1) is 11.8 Å². The summed E-state index contributed by atoms with van der Waals surface area (Å²) in [5, 5.41) is 0. The van der Waals surface area contributed by atoms with Crippen LogP contribution in [-0.2, 0) is 0 Å². The van der Waals surface area contributed by atoms with E-state index in [1.807, 2.05) is 0 Å². The first kappa shape index (κ1) is 7.80. The molecule has 1 aliphatic carbocycles. The molecular formula is C9H17N. The average Bonchev–Trinajstić information content (AvgIpc) is 1.88. The third kappa shape index (κ3) is 1.84. The first-order valence-corrected chi connectivity index (χ1v) is 4.14. The molecule has 58 valence electrons. The van der Waals surface area contributed by atoms with Crippen LogP contribution in [0.15, 0.2) is 12.2 Å². The van der Waals surface area contributed by atoms with E-state index in [0.717, 1.165) is 5.92 Å². The summed E-state index contributed by atoms with van der Waals surface area (Å²) in [6.07, 6.45) is 7.15. The Bertz CT molecular complexity index is 127. The van der Waals surface area contributed by atoms with Crippen molar-refractivity contribution in [1.29, 1.82) is 0 Å². The average molecular weight is 139 g/mol. The van der Waals surface area contributed by atoms with Gasteiger partial charge in [-0.05, 0) is 31.6 Å². The second-order valence-corrected chi connectivity index (χ2v) is 3.46. The molecule has 3 atom stereocenters. The minimum Gasteiger partial charge on any atom is -0.327 e. The van der Waals surface area contributed by atoms with Crippen LogP contribution in [0.5, 0.6) is 0 Å². The summed E-state index contributed by atoms with van der Waals surface area (Å²) < 4.78 is 0. The van der Waals surface area contributed by atoms with Crippen LogP contribution in [0.4, 0.5) is 0 Å². The molecule has 0 amide bonds. The predicted molar refractivity (Wildman–Crippen MR) is 44.7 cm³/mol. The minimum atomic E-state index is 0.337. The molecule has 10 heavy (non-hydrogen) atoms. The van der Waals surface area contributed by atoms with Crippen molar-refractivity contribution in [2.45, 2.75) is 32.7 Å². The molecule has 1 nitrogen and oxygen atoms in total. The van der Waals surface area contributed by atoms with Gasteiger partial charge in [0.05, 0.1) is 0 Å². The van der Waals surface area contributed by atoms with Crippen molar-refractivity contribution in [3.8, 4) is 0 Å². The summed E-state index contributed by atoms with van der Waals surface area (Å²) in [5.74, 6) is 1.41. The summed E-state index contributed by atoms with van der Waals surface area (Å²) in [6, 6.07) is 0.337. The third-order valence-corrected chi connectivity index (χ3v) is 2.32. The third-order valence-electron chi connectivity index (χ3n) is 2.32. The van der Waals surface area contributed by atoms with Crippen LogP contribution in [0.3, 0.4) is 0 Å². The van der Waals surface area contributed by atoms with E-state index < -0.39 is 0 Å². The van der Waals surface area contributed by atoms with Crippen molar-refractivity contribution in [2.75, 3.05) is 0 Å². The van der Waals surface area contributed by atoms with Crippen LogP contribution >= 0.6 is 0 Å². The minimum absolute atomic E-state index is 0.337. The van der Waals surface area contributed by atoms with Crippen molar-refractivity contribution in [2.24, 2.45) is 17.6 Å². The van der Waals surface area contributed by atoms with Gasteiger partial charge in [-0.2, -0.15) is 0 Å². The summed E-state index contributed by atoms with van der Waals surface area (Å²) in [7, 11) is 0. The molecule has 0 saturated heterocycles. The molecule has 0 bridgehead atoms. The van der Waals surface area contributed by atoms with E-state index in [0.29, 0.717) is 12.0 Å². The van der Waals surface area contributed by atoms with Gasteiger partial charge in [-0.3, -0.25) is 0 Å². The molecule has 1 rings (SSSR count). The second-order valence-electron chi connectivity index (χ2n) is 3.46. The number of allylic oxidation sites excluding steroid dienone is 1. The lowest BCUT2D eigenvalue weighted by Gasteiger charge is -2.22. The van der Waals surface area contributed by atoms with Crippen molar-refractivity contribution >= 4 is 0 Å². The molecular weight excluding hydrogens is 122 g/mol. The molecule has 0 aromatic heterocycles. The monoisotopic (exact) mass is 139 g/mol. The normalized spacial score (nSPS) is 35.9. The first-order valence-electron chi connectivity index (χ1n) is 4.14. The van der Waals surface area contributed by atoms with E-state index in [2.05, 4.69) is 26.0 Å². The molecule has 1 heteroatoms. The quantitative estimate of drug-likeness (QED) is 0.552.